The summed E-state index contributed by atoms with van der Waals surface area (Å²) in [5, 5.41) is 5.47. The molecule has 0 spiro atoms. The topological polar surface area (TPSA) is 108 Å². The number of ether oxygens (including phenoxy) is 1. The van der Waals surface area contributed by atoms with Crippen LogP contribution in [0.5, 0.6) is 0 Å². The van der Waals surface area contributed by atoms with Crippen LogP contribution in [-0.4, -0.2) is 71.9 Å². The molecule has 0 bridgehead atoms. The third-order valence-corrected chi connectivity index (χ3v) is 6.33. The second-order valence-corrected chi connectivity index (χ2v) is 10.3. The van der Waals surface area contributed by atoms with E-state index in [1.165, 1.54) is 6.42 Å². The number of benzene rings is 1. The predicted molar refractivity (Wildman–Crippen MR) is 133 cm³/mol. The highest BCUT2D eigenvalue weighted by Gasteiger charge is 2.26. The highest BCUT2D eigenvalue weighted by molar-refractivity contribution is 5.86. The lowest BCUT2D eigenvalue weighted by Crippen LogP contribution is -2.53. The minimum atomic E-state index is -0.575. The van der Waals surface area contributed by atoms with Crippen LogP contribution in [0.1, 0.15) is 58.4 Å². The third kappa shape index (κ3) is 8.56. The van der Waals surface area contributed by atoms with Crippen molar-refractivity contribution in [3.05, 3.63) is 29.8 Å². The molecule has 1 aliphatic heterocycles. The van der Waals surface area contributed by atoms with E-state index in [4.69, 9.17) is 4.74 Å². The summed E-state index contributed by atoms with van der Waals surface area (Å²) >= 11 is 0. The van der Waals surface area contributed by atoms with E-state index in [1.54, 1.807) is 54.8 Å². The minimum absolute atomic E-state index is 0.00412. The Hall–Kier alpha value is -3.10. The van der Waals surface area contributed by atoms with Gasteiger partial charge in [0, 0.05) is 37.8 Å². The molecule has 35 heavy (non-hydrogen) atoms. The fraction of sp³-hybridized carbons (Fsp3) is 0.615. The van der Waals surface area contributed by atoms with E-state index in [2.05, 4.69) is 10.6 Å². The maximum absolute atomic E-state index is 12.7. The molecule has 1 aromatic rings. The van der Waals surface area contributed by atoms with Gasteiger partial charge in [0.25, 0.3) is 0 Å². The summed E-state index contributed by atoms with van der Waals surface area (Å²) in [6.45, 7) is 7.28. The molecule has 9 heteroatoms. The van der Waals surface area contributed by atoms with Gasteiger partial charge in [-0.15, -0.1) is 0 Å². The number of carbonyl (C=O) groups is 4. The van der Waals surface area contributed by atoms with Gasteiger partial charge in [-0.3, -0.25) is 19.7 Å². The Morgan fingerprint density at radius 2 is 1.46 bits per heavy atom. The smallest absolute Gasteiger partial charge is 0.412 e. The van der Waals surface area contributed by atoms with Crippen LogP contribution in [0, 0.1) is 5.92 Å². The average Bonchev–Trinajstić information content (AvgIpc) is 2.83. The van der Waals surface area contributed by atoms with Crippen molar-refractivity contribution in [2.45, 2.75) is 64.9 Å². The standard InChI is InChI=1S/C26H38N4O5/c1-26(2,3)35-25(34)28-21-11-9-19(10-12-21)17-22(31)29-13-15-30(16-14-29)23(32)18-27-24(33)20-7-5-4-6-8-20/h9-12,20H,4-8,13-18H2,1-3H3,(H,27,33)(H,28,34). The van der Waals surface area contributed by atoms with E-state index in [0.29, 0.717) is 31.9 Å². The van der Waals surface area contributed by atoms with E-state index in [9.17, 15) is 19.2 Å². The molecular formula is C26H38N4O5. The Labute approximate surface area is 207 Å². The van der Waals surface area contributed by atoms with Crippen LogP contribution >= 0.6 is 0 Å². The Balaban J connectivity index is 1.38. The molecule has 4 amide bonds. The van der Waals surface area contributed by atoms with Gasteiger partial charge in [-0.2, -0.15) is 0 Å². The molecule has 192 valence electrons. The molecule has 1 aliphatic carbocycles. The number of anilines is 1. The highest BCUT2D eigenvalue weighted by Crippen LogP contribution is 2.23. The first-order valence-corrected chi connectivity index (χ1v) is 12.5. The van der Waals surface area contributed by atoms with Gasteiger partial charge in [0.2, 0.25) is 17.7 Å². The number of rotatable bonds is 6. The first-order valence-electron chi connectivity index (χ1n) is 12.5. The molecule has 1 saturated carbocycles. The van der Waals surface area contributed by atoms with E-state index in [-0.39, 0.29) is 36.6 Å². The Kier molecular flexibility index (Phi) is 9.12. The van der Waals surface area contributed by atoms with E-state index >= 15 is 0 Å². The molecule has 2 N–H and O–H groups in total. The summed E-state index contributed by atoms with van der Waals surface area (Å²) in [4.78, 5) is 52.9. The maximum atomic E-state index is 12.7. The van der Waals surface area contributed by atoms with Crippen molar-refractivity contribution in [2.24, 2.45) is 5.92 Å². The van der Waals surface area contributed by atoms with Crippen LogP contribution in [-0.2, 0) is 25.5 Å². The molecule has 1 heterocycles. The van der Waals surface area contributed by atoms with E-state index < -0.39 is 11.7 Å². The number of carbonyl (C=O) groups excluding carboxylic acids is 4. The van der Waals surface area contributed by atoms with E-state index in [1.807, 2.05) is 0 Å². The Morgan fingerprint density at radius 3 is 2.03 bits per heavy atom. The summed E-state index contributed by atoms with van der Waals surface area (Å²) in [6.07, 6.45) is 4.88. The normalized spacial score (nSPS) is 17.0. The summed E-state index contributed by atoms with van der Waals surface area (Å²) < 4.78 is 5.24. The lowest BCUT2D eigenvalue weighted by Gasteiger charge is -2.35. The van der Waals surface area contributed by atoms with Crippen LogP contribution in [0.3, 0.4) is 0 Å². The first-order chi connectivity index (χ1) is 16.6. The molecular weight excluding hydrogens is 448 g/mol. The number of hydrogen-bond donors (Lipinski definition) is 2. The molecule has 2 fully saturated rings. The van der Waals surface area contributed by atoms with Gasteiger partial charge in [-0.05, 0) is 51.3 Å². The Bertz CT molecular complexity index is 895. The van der Waals surface area contributed by atoms with Crippen LogP contribution in [0.15, 0.2) is 24.3 Å². The second kappa shape index (κ2) is 12.0. The van der Waals surface area contributed by atoms with E-state index in [0.717, 1.165) is 31.2 Å². The summed E-state index contributed by atoms with van der Waals surface area (Å²) in [5.41, 5.74) is 0.861. The number of piperazine rings is 1. The Morgan fingerprint density at radius 1 is 0.886 bits per heavy atom. The average molecular weight is 487 g/mol. The fourth-order valence-electron chi connectivity index (χ4n) is 4.40. The molecule has 0 aromatic heterocycles. The summed E-state index contributed by atoms with van der Waals surface area (Å²) in [7, 11) is 0. The van der Waals surface area contributed by atoms with Crippen molar-refractivity contribution < 1.29 is 23.9 Å². The quantitative estimate of drug-likeness (QED) is 0.643. The maximum Gasteiger partial charge on any atom is 0.412 e. The largest absolute Gasteiger partial charge is 0.444 e. The molecule has 0 unspecified atom stereocenters. The molecule has 2 aliphatic rings. The molecule has 3 rings (SSSR count). The summed E-state index contributed by atoms with van der Waals surface area (Å²) in [6, 6.07) is 7.09. The number of hydrogen-bond acceptors (Lipinski definition) is 5. The third-order valence-electron chi connectivity index (χ3n) is 6.33. The lowest BCUT2D eigenvalue weighted by atomic mass is 9.89. The zero-order valence-electron chi connectivity index (χ0n) is 21.1. The zero-order valence-corrected chi connectivity index (χ0v) is 21.1. The minimum Gasteiger partial charge on any atom is -0.444 e. The first kappa shape index (κ1) is 26.5. The van der Waals surface area contributed by atoms with Crippen LogP contribution in [0.25, 0.3) is 0 Å². The number of nitrogens with zero attached hydrogens (tertiary/aromatic N) is 2. The summed E-state index contributed by atoms with van der Waals surface area (Å²) in [5.74, 6) is -0.0859. The molecule has 9 nitrogen and oxygen atoms in total. The SMILES string of the molecule is CC(C)(C)OC(=O)Nc1ccc(CC(=O)N2CCN(C(=O)CNC(=O)C3CCCCC3)CC2)cc1. The molecule has 0 atom stereocenters. The van der Waals surface area contributed by atoms with Gasteiger partial charge in [0.05, 0.1) is 13.0 Å². The van der Waals surface area contributed by atoms with Crippen molar-refractivity contribution in [2.75, 3.05) is 38.0 Å². The highest BCUT2D eigenvalue weighted by atomic mass is 16.6. The van der Waals surface area contributed by atoms with Crippen molar-refractivity contribution in [3.63, 3.8) is 0 Å². The van der Waals surface area contributed by atoms with Crippen LogP contribution in [0.2, 0.25) is 0 Å². The van der Waals surface area contributed by atoms with Crippen molar-refractivity contribution in [1.82, 2.24) is 15.1 Å². The lowest BCUT2D eigenvalue weighted by molar-refractivity contribution is -0.139. The zero-order chi connectivity index (χ0) is 25.4. The van der Waals surface area contributed by atoms with Gasteiger partial charge in [0.15, 0.2) is 0 Å². The molecule has 0 radical (unpaired) electrons. The van der Waals surface area contributed by atoms with Crippen LogP contribution in [0.4, 0.5) is 10.5 Å². The van der Waals surface area contributed by atoms with Crippen molar-refractivity contribution in [1.29, 1.82) is 0 Å². The van der Waals surface area contributed by atoms with Crippen LogP contribution < -0.4 is 10.6 Å². The van der Waals surface area contributed by atoms with Gasteiger partial charge in [-0.1, -0.05) is 31.4 Å². The number of nitrogens with one attached hydrogen (secondary N) is 2. The number of amides is 4. The van der Waals surface area contributed by atoms with Crippen molar-refractivity contribution >= 4 is 29.5 Å². The molecule has 1 saturated heterocycles. The van der Waals surface area contributed by atoms with Gasteiger partial charge in [0.1, 0.15) is 5.60 Å². The predicted octanol–water partition coefficient (Wildman–Crippen LogP) is 2.94. The molecule has 1 aromatic carbocycles. The second-order valence-electron chi connectivity index (χ2n) is 10.3. The monoisotopic (exact) mass is 486 g/mol. The van der Waals surface area contributed by atoms with Gasteiger partial charge >= 0.3 is 6.09 Å². The van der Waals surface area contributed by atoms with Gasteiger partial charge in [-0.25, -0.2) is 4.79 Å². The van der Waals surface area contributed by atoms with Crippen molar-refractivity contribution in [3.8, 4) is 0 Å². The van der Waals surface area contributed by atoms with Gasteiger partial charge < -0.3 is 19.9 Å². The fourth-order valence-corrected chi connectivity index (χ4v) is 4.40.